The third-order valence-corrected chi connectivity index (χ3v) is 7.28. The first-order chi connectivity index (χ1) is 8.54. The van der Waals surface area contributed by atoms with Gasteiger partial charge in [-0.15, -0.1) is 0 Å². The van der Waals surface area contributed by atoms with E-state index in [0.29, 0.717) is 5.75 Å². The first-order valence-electron chi connectivity index (χ1n) is 7.17. The summed E-state index contributed by atoms with van der Waals surface area (Å²) < 4.78 is 23.7. The van der Waals surface area contributed by atoms with Crippen molar-refractivity contribution in [2.45, 2.75) is 31.4 Å². The van der Waals surface area contributed by atoms with Crippen molar-refractivity contribution in [3.8, 4) is 0 Å². The molecule has 0 radical (unpaired) electrons. The van der Waals surface area contributed by atoms with E-state index in [-0.39, 0.29) is 5.25 Å². The normalized spacial score (nSPS) is 43.2. The molecule has 0 amide bonds. The van der Waals surface area contributed by atoms with E-state index in [1.165, 1.54) is 12.8 Å². The number of hydrogen-bond donors (Lipinski definition) is 0. The maximum atomic E-state index is 11.9. The van der Waals surface area contributed by atoms with E-state index < -0.39 is 9.84 Å². The Balaban J connectivity index is 1.59. The molecule has 0 spiro atoms. The van der Waals surface area contributed by atoms with Crippen LogP contribution < -0.4 is 0 Å². The van der Waals surface area contributed by atoms with Gasteiger partial charge in [0.15, 0.2) is 9.84 Å². The van der Waals surface area contributed by atoms with E-state index in [9.17, 15) is 8.42 Å². The van der Waals surface area contributed by atoms with Gasteiger partial charge in [0, 0.05) is 13.1 Å². The van der Waals surface area contributed by atoms with Gasteiger partial charge in [-0.3, -0.25) is 0 Å². The molecule has 2 aliphatic carbocycles. The Morgan fingerprint density at radius 1 is 1.22 bits per heavy atom. The minimum atomic E-state index is -2.83. The summed E-state index contributed by atoms with van der Waals surface area (Å²) in [5, 5.41) is -0.151. The second-order valence-corrected chi connectivity index (χ2v) is 8.85. The quantitative estimate of drug-likeness (QED) is 0.716. The zero-order chi connectivity index (χ0) is 12.8. The van der Waals surface area contributed by atoms with E-state index in [0.717, 1.165) is 43.8 Å². The predicted octanol–water partition coefficient (Wildman–Crippen LogP) is 1.71. The molecule has 1 aliphatic heterocycles. The molecular formula is C14H23NO2S. The zero-order valence-corrected chi connectivity index (χ0v) is 11.9. The van der Waals surface area contributed by atoms with Crippen LogP contribution in [0, 0.1) is 17.8 Å². The van der Waals surface area contributed by atoms with Crippen LogP contribution in [0.3, 0.4) is 0 Å². The first-order valence-corrected chi connectivity index (χ1v) is 8.88. The van der Waals surface area contributed by atoms with Crippen molar-refractivity contribution < 1.29 is 8.42 Å². The van der Waals surface area contributed by atoms with Gasteiger partial charge in [0.25, 0.3) is 0 Å². The maximum Gasteiger partial charge on any atom is 0.154 e. The molecule has 4 heteroatoms. The number of hydrogen-bond acceptors (Lipinski definition) is 3. The van der Waals surface area contributed by atoms with E-state index >= 15 is 0 Å². The monoisotopic (exact) mass is 269 g/mol. The topological polar surface area (TPSA) is 37.4 Å². The van der Waals surface area contributed by atoms with Crippen molar-refractivity contribution in [2.75, 3.05) is 25.4 Å². The van der Waals surface area contributed by atoms with Crippen LogP contribution in [0.5, 0.6) is 0 Å². The third-order valence-electron chi connectivity index (χ3n) is 5.07. The van der Waals surface area contributed by atoms with E-state index in [1.807, 2.05) is 6.92 Å². The minimum Gasteiger partial charge on any atom is -0.302 e. The van der Waals surface area contributed by atoms with E-state index in [1.54, 1.807) is 0 Å². The van der Waals surface area contributed by atoms with Gasteiger partial charge in [0.05, 0.1) is 11.0 Å². The molecule has 3 rings (SSSR count). The average molecular weight is 269 g/mol. The molecule has 3 aliphatic rings. The standard InChI is InChI=1S/C14H23NO2S/c1-11-4-5-15(6-7-18(11,16)17)10-14-9-12-2-3-13(14)8-12/h2-3,11-14H,4-10H2,1H3. The number of nitrogens with zero attached hydrogens (tertiary/aromatic N) is 1. The van der Waals surface area contributed by atoms with Crippen LogP contribution in [0.4, 0.5) is 0 Å². The highest BCUT2D eigenvalue weighted by atomic mass is 32.2. The Morgan fingerprint density at radius 2 is 2.06 bits per heavy atom. The Hall–Kier alpha value is -0.350. The van der Waals surface area contributed by atoms with Crippen LogP contribution in [0.1, 0.15) is 26.2 Å². The SMILES string of the molecule is CC1CCN(CC2CC3C=CC2C3)CCS1(=O)=O. The Morgan fingerprint density at radius 3 is 2.72 bits per heavy atom. The summed E-state index contributed by atoms with van der Waals surface area (Å²) in [5.41, 5.74) is 0. The van der Waals surface area contributed by atoms with Gasteiger partial charge in [-0.05, 0) is 50.5 Å². The first kappa shape index (κ1) is 12.7. The summed E-state index contributed by atoms with van der Waals surface area (Å²) in [6, 6.07) is 0. The van der Waals surface area contributed by atoms with Gasteiger partial charge >= 0.3 is 0 Å². The minimum absolute atomic E-state index is 0.151. The fourth-order valence-electron chi connectivity index (χ4n) is 3.73. The highest BCUT2D eigenvalue weighted by Gasteiger charge is 2.37. The highest BCUT2D eigenvalue weighted by Crippen LogP contribution is 2.43. The van der Waals surface area contributed by atoms with Crippen molar-refractivity contribution in [3.05, 3.63) is 12.2 Å². The van der Waals surface area contributed by atoms with E-state index in [4.69, 9.17) is 0 Å². The molecule has 0 aromatic carbocycles. The summed E-state index contributed by atoms with van der Waals surface area (Å²) in [7, 11) is -2.83. The Labute approximate surface area is 110 Å². The smallest absolute Gasteiger partial charge is 0.154 e. The predicted molar refractivity (Wildman–Crippen MR) is 73.1 cm³/mol. The van der Waals surface area contributed by atoms with Gasteiger partial charge in [-0.1, -0.05) is 12.2 Å². The fraction of sp³-hybridized carbons (Fsp3) is 0.857. The summed E-state index contributed by atoms with van der Waals surface area (Å²) >= 11 is 0. The second-order valence-electron chi connectivity index (χ2n) is 6.31. The fourth-order valence-corrected chi connectivity index (χ4v) is 5.11. The van der Waals surface area contributed by atoms with Crippen LogP contribution in [0.15, 0.2) is 12.2 Å². The van der Waals surface area contributed by atoms with Gasteiger partial charge in [0.1, 0.15) is 0 Å². The average Bonchev–Trinajstić information content (AvgIpc) is 2.91. The summed E-state index contributed by atoms with van der Waals surface area (Å²) in [6.45, 7) is 4.66. The van der Waals surface area contributed by atoms with Gasteiger partial charge in [-0.25, -0.2) is 8.42 Å². The van der Waals surface area contributed by atoms with Crippen molar-refractivity contribution in [2.24, 2.45) is 17.8 Å². The number of allylic oxidation sites excluding steroid dienone is 2. The van der Waals surface area contributed by atoms with Gasteiger partial charge in [-0.2, -0.15) is 0 Å². The Kier molecular flexibility index (Phi) is 3.27. The molecular weight excluding hydrogens is 246 g/mol. The lowest BCUT2D eigenvalue weighted by molar-refractivity contribution is 0.226. The molecule has 0 aromatic heterocycles. The lowest BCUT2D eigenvalue weighted by atomic mass is 9.93. The molecule has 0 N–H and O–H groups in total. The molecule has 2 fully saturated rings. The van der Waals surface area contributed by atoms with Crippen LogP contribution in [-0.2, 0) is 9.84 Å². The number of sulfone groups is 1. The van der Waals surface area contributed by atoms with E-state index in [2.05, 4.69) is 17.1 Å². The molecule has 4 unspecified atom stereocenters. The van der Waals surface area contributed by atoms with Gasteiger partial charge in [0.2, 0.25) is 0 Å². The molecule has 1 saturated heterocycles. The molecule has 4 atom stereocenters. The van der Waals surface area contributed by atoms with Crippen LogP contribution in [0.25, 0.3) is 0 Å². The van der Waals surface area contributed by atoms with Crippen molar-refractivity contribution in [3.63, 3.8) is 0 Å². The molecule has 3 nitrogen and oxygen atoms in total. The molecule has 2 bridgehead atoms. The van der Waals surface area contributed by atoms with Crippen LogP contribution >= 0.6 is 0 Å². The number of rotatable bonds is 2. The van der Waals surface area contributed by atoms with Crippen molar-refractivity contribution in [1.29, 1.82) is 0 Å². The largest absolute Gasteiger partial charge is 0.302 e. The van der Waals surface area contributed by atoms with Crippen molar-refractivity contribution in [1.82, 2.24) is 4.90 Å². The summed E-state index contributed by atoms with van der Waals surface area (Å²) in [5.74, 6) is 2.71. The highest BCUT2D eigenvalue weighted by molar-refractivity contribution is 7.92. The van der Waals surface area contributed by atoms with Crippen LogP contribution in [0.2, 0.25) is 0 Å². The van der Waals surface area contributed by atoms with Crippen LogP contribution in [-0.4, -0.2) is 44.0 Å². The maximum absolute atomic E-state index is 11.9. The van der Waals surface area contributed by atoms with Crippen molar-refractivity contribution >= 4 is 9.84 Å². The molecule has 1 heterocycles. The molecule has 102 valence electrons. The summed E-state index contributed by atoms with van der Waals surface area (Å²) in [6.07, 6.45) is 8.22. The lowest BCUT2D eigenvalue weighted by Gasteiger charge is -2.26. The number of fused-ring (bicyclic) bond motifs is 2. The Bertz CT molecular complexity index is 443. The summed E-state index contributed by atoms with van der Waals surface area (Å²) in [4.78, 5) is 2.39. The van der Waals surface area contributed by atoms with Gasteiger partial charge < -0.3 is 4.90 Å². The second kappa shape index (κ2) is 4.64. The molecule has 0 aromatic rings. The third kappa shape index (κ3) is 2.37. The zero-order valence-electron chi connectivity index (χ0n) is 11.1. The molecule has 1 saturated carbocycles. The molecule has 18 heavy (non-hydrogen) atoms. The lowest BCUT2D eigenvalue weighted by Crippen LogP contribution is -2.33.